The Morgan fingerprint density at radius 1 is 1.33 bits per heavy atom. The number of hydrogen-bond acceptors (Lipinski definition) is 3. The molecule has 2 N–H and O–H groups in total. The first-order valence-corrected chi connectivity index (χ1v) is 7.50. The summed E-state index contributed by atoms with van der Waals surface area (Å²) >= 11 is 0. The first-order chi connectivity index (χ1) is 8.78. The van der Waals surface area contributed by atoms with Crippen LogP contribution in [-0.2, 0) is 4.79 Å². The van der Waals surface area contributed by atoms with Crippen LogP contribution in [0, 0.1) is 5.92 Å². The van der Waals surface area contributed by atoms with Gasteiger partial charge in [-0.05, 0) is 51.6 Å². The first-order valence-electron chi connectivity index (χ1n) is 7.50. The maximum absolute atomic E-state index is 11.4. The highest BCUT2D eigenvalue weighted by Gasteiger charge is 2.24. The van der Waals surface area contributed by atoms with E-state index in [0.29, 0.717) is 6.42 Å². The van der Waals surface area contributed by atoms with Crippen molar-refractivity contribution in [3.63, 3.8) is 0 Å². The van der Waals surface area contributed by atoms with Crippen molar-refractivity contribution in [1.29, 1.82) is 0 Å². The van der Waals surface area contributed by atoms with Gasteiger partial charge in [0.05, 0.1) is 0 Å². The average molecular weight is 253 g/mol. The van der Waals surface area contributed by atoms with Gasteiger partial charge < -0.3 is 15.5 Å². The molecule has 1 unspecified atom stereocenters. The van der Waals surface area contributed by atoms with Gasteiger partial charge in [0.25, 0.3) is 0 Å². The average Bonchev–Trinajstić information content (AvgIpc) is 3.19. The lowest BCUT2D eigenvalue weighted by molar-refractivity contribution is -0.121. The van der Waals surface area contributed by atoms with Crippen molar-refractivity contribution in [3.8, 4) is 0 Å². The van der Waals surface area contributed by atoms with E-state index >= 15 is 0 Å². The van der Waals surface area contributed by atoms with E-state index in [1.807, 2.05) is 6.92 Å². The molecule has 2 fully saturated rings. The van der Waals surface area contributed by atoms with Gasteiger partial charge in [0.15, 0.2) is 0 Å². The lowest BCUT2D eigenvalue weighted by atomic mass is 9.98. The third-order valence-electron chi connectivity index (χ3n) is 3.90. The van der Waals surface area contributed by atoms with Crippen molar-refractivity contribution in [2.24, 2.45) is 5.92 Å². The number of nitrogens with one attached hydrogen (secondary N) is 2. The zero-order chi connectivity index (χ0) is 12.8. The molecule has 0 bridgehead atoms. The lowest BCUT2D eigenvalue weighted by Gasteiger charge is -2.32. The first kappa shape index (κ1) is 13.8. The second-order valence-corrected chi connectivity index (χ2v) is 5.69. The SMILES string of the molecule is CCNC(=O)CCN1CCCC(CNC2CC2)C1. The number of hydrogen-bond donors (Lipinski definition) is 2. The summed E-state index contributed by atoms with van der Waals surface area (Å²) in [6, 6.07) is 0.815. The fourth-order valence-electron chi connectivity index (χ4n) is 2.69. The van der Waals surface area contributed by atoms with E-state index in [1.165, 1.54) is 45.3 Å². The molecule has 2 rings (SSSR count). The van der Waals surface area contributed by atoms with Gasteiger partial charge in [0.1, 0.15) is 0 Å². The summed E-state index contributed by atoms with van der Waals surface area (Å²) in [5, 5.41) is 6.49. The van der Waals surface area contributed by atoms with E-state index in [0.717, 1.165) is 25.0 Å². The van der Waals surface area contributed by atoms with Gasteiger partial charge in [-0.1, -0.05) is 0 Å². The maximum atomic E-state index is 11.4. The number of nitrogens with zero attached hydrogens (tertiary/aromatic N) is 1. The molecule has 4 heteroatoms. The fraction of sp³-hybridized carbons (Fsp3) is 0.929. The molecule has 18 heavy (non-hydrogen) atoms. The molecule has 1 aliphatic heterocycles. The van der Waals surface area contributed by atoms with E-state index < -0.39 is 0 Å². The Balaban J connectivity index is 1.61. The predicted molar refractivity (Wildman–Crippen MR) is 73.5 cm³/mol. The van der Waals surface area contributed by atoms with Crippen LogP contribution in [0.4, 0.5) is 0 Å². The third kappa shape index (κ3) is 4.94. The van der Waals surface area contributed by atoms with Gasteiger partial charge in [-0.3, -0.25) is 4.79 Å². The number of likely N-dealkylation sites (tertiary alicyclic amines) is 1. The highest BCUT2D eigenvalue weighted by Crippen LogP contribution is 2.21. The van der Waals surface area contributed by atoms with Gasteiger partial charge in [0, 0.05) is 32.1 Å². The zero-order valence-electron chi connectivity index (χ0n) is 11.6. The molecule has 104 valence electrons. The van der Waals surface area contributed by atoms with E-state index in [4.69, 9.17) is 0 Å². The summed E-state index contributed by atoms with van der Waals surface area (Å²) in [7, 11) is 0. The molecule has 0 radical (unpaired) electrons. The van der Waals surface area contributed by atoms with Crippen LogP contribution in [0.5, 0.6) is 0 Å². The van der Waals surface area contributed by atoms with Crippen molar-refractivity contribution in [3.05, 3.63) is 0 Å². The second kappa shape index (κ2) is 7.10. The van der Waals surface area contributed by atoms with Crippen molar-refractivity contribution in [2.75, 3.05) is 32.7 Å². The monoisotopic (exact) mass is 253 g/mol. The minimum Gasteiger partial charge on any atom is -0.356 e. The quantitative estimate of drug-likeness (QED) is 0.711. The van der Waals surface area contributed by atoms with Gasteiger partial charge >= 0.3 is 0 Å². The molecule has 1 heterocycles. The molecule has 1 amide bonds. The molecular weight excluding hydrogens is 226 g/mol. The van der Waals surface area contributed by atoms with Crippen LogP contribution in [0.1, 0.15) is 39.0 Å². The summed E-state index contributed by atoms with van der Waals surface area (Å²) < 4.78 is 0. The zero-order valence-corrected chi connectivity index (χ0v) is 11.6. The third-order valence-corrected chi connectivity index (χ3v) is 3.90. The van der Waals surface area contributed by atoms with Crippen molar-refractivity contribution >= 4 is 5.91 Å². The van der Waals surface area contributed by atoms with Gasteiger partial charge in [-0.25, -0.2) is 0 Å². The molecule has 0 aromatic carbocycles. The maximum Gasteiger partial charge on any atom is 0.221 e. The van der Waals surface area contributed by atoms with Crippen LogP contribution in [0.15, 0.2) is 0 Å². The second-order valence-electron chi connectivity index (χ2n) is 5.69. The van der Waals surface area contributed by atoms with Gasteiger partial charge in [-0.2, -0.15) is 0 Å². The van der Waals surface area contributed by atoms with Crippen LogP contribution >= 0.6 is 0 Å². The topological polar surface area (TPSA) is 44.4 Å². The lowest BCUT2D eigenvalue weighted by Crippen LogP contribution is -2.41. The Morgan fingerprint density at radius 3 is 2.89 bits per heavy atom. The van der Waals surface area contributed by atoms with Crippen molar-refractivity contribution in [2.45, 2.75) is 45.1 Å². The van der Waals surface area contributed by atoms with Gasteiger partial charge in [0.2, 0.25) is 5.91 Å². The normalized spacial score (nSPS) is 25.1. The largest absolute Gasteiger partial charge is 0.356 e. The summed E-state index contributed by atoms with van der Waals surface area (Å²) in [4.78, 5) is 13.9. The van der Waals surface area contributed by atoms with E-state index in [1.54, 1.807) is 0 Å². The molecule has 0 aromatic heterocycles. The molecule has 1 aliphatic carbocycles. The van der Waals surface area contributed by atoms with Crippen LogP contribution in [0.3, 0.4) is 0 Å². The minimum absolute atomic E-state index is 0.190. The molecule has 0 spiro atoms. The van der Waals surface area contributed by atoms with Crippen LogP contribution in [0.2, 0.25) is 0 Å². The van der Waals surface area contributed by atoms with Gasteiger partial charge in [-0.15, -0.1) is 0 Å². The molecule has 1 atom stereocenters. The summed E-state index contributed by atoms with van der Waals surface area (Å²) in [5.74, 6) is 0.976. The summed E-state index contributed by atoms with van der Waals surface area (Å²) in [5.41, 5.74) is 0. The summed E-state index contributed by atoms with van der Waals surface area (Å²) in [6.45, 7) is 7.14. The fourth-order valence-corrected chi connectivity index (χ4v) is 2.69. The van der Waals surface area contributed by atoms with E-state index in [9.17, 15) is 4.79 Å². The molecular formula is C14H27N3O. The molecule has 0 aromatic rings. The summed E-state index contributed by atoms with van der Waals surface area (Å²) in [6.07, 6.45) is 6.02. The minimum atomic E-state index is 0.190. The Hall–Kier alpha value is -0.610. The van der Waals surface area contributed by atoms with E-state index in [2.05, 4.69) is 15.5 Å². The predicted octanol–water partition coefficient (Wildman–Crippen LogP) is 0.977. The molecule has 1 saturated carbocycles. The standard InChI is InChI=1S/C14H27N3O/c1-2-15-14(18)7-9-17-8-3-4-12(11-17)10-16-13-5-6-13/h12-13,16H,2-11H2,1H3,(H,15,18). The molecule has 1 saturated heterocycles. The molecule has 4 nitrogen and oxygen atoms in total. The van der Waals surface area contributed by atoms with Crippen molar-refractivity contribution < 1.29 is 4.79 Å². The van der Waals surface area contributed by atoms with Crippen LogP contribution in [0.25, 0.3) is 0 Å². The number of rotatable bonds is 7. The van der Waals surface area contributed by atoms with Crippen LogP contribution < -0.4 is 10.6 Å². The van der Waals surface area contributed by atoms with Crippen molar-refractivity contribution in [1.82, 2.24) is 15.5 Å². The highest BCUT2D eigenvalue weighted by molar-refractivity contribution is 5.75. The van der Waals surface area contributed by atoms with Crippen LogP contribution in [-0.4, -0.2) is 49.6 Å². The Kier molecular flexibility index (Phi) is 5.45. The number of amides is 1. The highest BCUT2D eigenvalue weighted by atomic mass is 16.1. The number of carbonyl (C=O) groups excluding carboxylic acids is 1. The molecule has 2 aliphatic rings. The smallest absolute Gasteiger partial charge is 0.221 e. The number of carbonyl (C=O) groups is 1. The Morgan fingerprint density at radius 2 is 2.17 bits per heavy atom. The Bertz CT molecular complexity index is 266. The number of piperidine rings is 1. The van der Waals surface area contributed by atoms with E-state index in [-0.39, 0.29) is 5.91 Å². The Labute approximate surface area is 110 Å².